The van der Waals surface area contributed by atoms with Crippen molar-refractivity contribution in [2.24, 2.45) is 5.92 Å². The summed E-state index contributed by atoms with van der Waals surface area (Å²) in [4.78, 5) is 37.0. The zero-order valence-electron chi connectivity index (χ0n) is 14.2. The molecule has 2 heterocycles. The van der Waals surface area contributed by atoms with Gasteiger partial charge in [0.25, 0.3) is 5.91 Å². The van der Waals surface area contributed by atoms with Crippen LogP contribution in [0.3, 0.4) is 0 Å². The number of imide groups is 1. The molecule has 1 unspecified atom stereocenters. The van der Waals surface area contributed by atoms with E-state index in [0.717, 1.165) is 6.07 Å². The van der Waals surface area contributed by atoms with Crippen LogP contribution < -0.4 is 15.0 Å². The highest BCUT2D eigenvalue weighted by Crippen LogP contribution is 2.38. The molecule has 0 saturated carbocycles. The number of anilines is 2. The van der Waals surface area contributed by atoms with E-state index in [4.69, 9.17) is 9.47 Å². The van der Waals surface area contributed by atoms with Gasteiger partial charge < -0.3 is 14.8 Å². The highest BCUT2D eigenvalue weighted by Gasteiger charge is 2.41. The predicted molar refractivity (Wildman–Crippen MR) is 86.6 cm³/mol. The quantitative estimate of drug-likeness (QED) is 0.831. The molecule has 1 fully saturated rings. The number of nitrogens with zero attached hydrogens (tertiary/aromatic N) is 1. The van der Waals surface area contributed by atoms with Gasteiger partial charge in [-0.3, -0.25) is 9.59 Å². The molecule has 7 nitrogen and oxygen atoms in total. The number of cyclic esters (lactones) is 1. The highest BCUT2D eigenvalue weighted by atomic mass is 19.1. The first-order valence-corrected chi connectivity index (χ1v) is 7.75. The summed E-state index contributed by atoms with van der Waals surface area (Å²) in [6.45, 7) is 6.82. The minimum absolute atomic E-state index is 0.105. The third-order valence-corrected chi connectivity index (χ3v) is 3.89. The van der Waals surface area contributed by atoms with Crippen molar-refractivity contribution >= 4 is 29.3 Å². The van der Waals surface area contributed by atoms with Gasteiger partial charge >= 0.3 is 12.0 Å². The monoisotopic (exact) mass is 348 g/mol. The Balaban J connectivity index is 2.03. The molecule has 0 spiro atoms. The van der Waals surface area contributed by atoms with Gasteiger partial charge in [0.15, 0.2) is 17.7 Å². The van der Waals surface area contributed by atoms with Gasteiger partial charge in [-0.1, -0.05) is 13.8 Å². The summed E-state index contributed by atoms with van der Waals surface area (Å²) in [5, 5.41) is 2.61. The van der Waals surface area contributed by atoms with Gasteiger partial charge in [0, 0.05) is 6.07 Å². The summed E-state index contributed by atoms with van der Waals surface area (Å²) in [5.74, 6) is -2.07. The Morgan fingerprint density at radius 2 is 1.92 bits per heavy atom. The van der Waals surface area contributed by atoms with Crippen LogP contribution in [0.2, 0.25) is 0 Å². The van der Waals surface area contributed by atoms with Gasteiger partial charge in [-0.15, -0.1) is 0 Å². The lowest BCUT2D eigenvalue weighted by Gasteiger charge is -2.29. The Hall–Kier alpha value is -2.90. The molecular formula is C17H17FN2O5. The number of halogens is 1. The molecular weight excluding hydrogens is 331 g/mol. The average Bonchev–Trinajstić information content (AvgIpc) is 2.81. The zero-order valence-corrected chi connectivity index (χ0v) is 14.2. The van der Waals surface area contributed by atoms with E-state index in [9.17, 15) is 18.8 Å². The number of carbonyl (C=O) groups excluding carboxylic acids is 3. The van der Waals surface area contributed by atoms with E-state index in [1.165, 1.54) is 6.07 Å². The highest BCUT2D eigenvalue weighted by molar-refractivity contribution is 6.24. The third-order valence-electron chi connectivity index (χ3n) is 3.89. The fraction of sp³-hybridized carbons (Fsp3) is 0.353. The van der Waals surface area contributed by atoms with Crippen molar-refractivity contribution in [2.45, 2.75) is 33.8 Å². The molecule has 1 aromatic carbocycles. The number of hydrogen-bond donors (Lipinski definition) is 1. The van der Waals surface area contributed by atoms with Gasteiger partial charge in [0.05, 0.1) is 11.4 Å². The number of fused-ring (bicyclic) bond motifs is 1. The normalized spacial score (nSPS) is 19.6. The Labute approximate surface area is 143 Å². The Bertz CT molecular complexity index is 827. The second-order valence-corrected chi connectivity index (χ2v) is 6.41. The van der Waals surface area contributed by atoms with Gasteiger partial charge in [-0.05, 0) is 31.4 Å². The lowest BCUT2D eigenvalue weighted by atomic mass is 10.0. The number of allylic oxidation sites excluding steroid dienone is 1. The molecule has 0 aromatic heterocycles. The lowest BCUT2D eigenvalue weighted by Crippen LogP contribution is -2.40. The Kier molecular flexibility index (Phi) is 3.98. The van der Waals surface area contributed by atoms with E-state index >= 15 is 0 Å². The standard InChI is InChI=1S/C17H17FN2O5/c1-7(2)13-15(21)19-10-6-11(9(18)5-12(10)24-13)20-16(22)14(8(3)4)25-17(20)23/h5-7,13H,1-4H3,(H,19,21). The summed E-state index contributed by atoms with van der Waals surface area (Å²) >= 11 is 0. The van der Waals surface area contributed by atoms with Crippen LogP contribution >= 0.6 is 0 Å². The minimum atomic E-state index is -0.997. The summed E-state index contributed by atoms with van der Waals surface area (Å²) < 4.78 is 25.0. The second-order valence-electron chi connectivity index (χ2n) is 6.41. The van der Waals surface area contributed by atoms with Crippen LogP contribution in [0.25, 0.3) is 0 Å². The fourth-order valence-corrected chi connectivity index (χ4v) is 2.63. The van der Waals surface area contributed by atoms with Crippen molar-refractivity contribution in [2.75, 3.05) is 10.2 Å². The van der Waals surface area contributed by atoms with E-state index in [1.807, 2.05) is 0 Å². The third kappa shape index (κ3) is 2.73. The first kappa shape index (κ1) is 16.9. The van der Waals surface area contributed by atoms with Crippen molar-refractivity contribution in [3.63, 3.8) is 0 Å². The van der Waals surface area contributed by atoms with Crippen molar-refractivity contribution in [3.8, 4) is 5.75 Å². The molecule has 25 heavy (non-hydrogen) atoms. The van der Waals surface area contributed by atoms with E-state index in [0.29, 0.717) is 10.5 Å². The maximum absolute atomic E-state index is 14.5. The molecule has 0 radical (unpaired) electrons. The first-order valence-electron chi connectivity index (χ1n) is 7.75. The number of benzene rings is 1. The van der Waals surface area contributed by atoms with Crippen molar-refractivity contribution in [1.82, 2.24) is 0 Å². The molecule has 2 aliphatic rings. The van der Waals surface area contributed by atoms with Crippen LogP contribution in [-0.4, -0.2) is 24.0 Å². The molecule has 1 aromatic rings. The molecule has 1 N–H and O–H groups in total. The Morgan fingerprint density at radius 1 is 1.24 bits per heavy atom. The van der Waals surface area contributed by atoms with E-state index in [-0.39, 0.29) is 34.7 Å². The topological polar surface area (TPSA) is 84.9 Å². The molecule has 2 aliphatic heterocycles. The molecule has 3 rings (SSSR count). The Morgan fingerprint density at radius 3 is 2.48 bits per heavy atom. The van der Waals surface area contributed by atoms with Crippen LogP contribution in [0, 0.1) is 11.7 Å². The smallest absolute Gasteiger partial charge is 0.427 e. The van der Waals surface area contributed by atoms with Crippen LogP contribution in [0.1, 0.15) is 27.7 Å². The van der Waals surface area contributed by atoms with Crippen molar-refractivity contribution in [1.29, 1.82) is 0 Å². The van der Waals surface area contributed by atoms with E-state index in [1.54, 1.807) is 27.7 Å². The van der Waals surface area contributed by atoms with Crippen LogP contribution in [0.15, 0.2) is 23.5 Å². The molecule has 3 amide bonds. The van der Waals surface area contributed by atoms with Crippen LogP contribution in [0.4, 0.5) is 20.6 Å². The predicted octanol–water partition coefficient (Wildman–Crippen LogP) is 2.96. The summed E-state index contributed by atoms with van der Waals surface area (Å²) in [7, 11) is 0. The number of nitrogens with one attached hydrogen (secondary N) is 1. The molecule has 132 valence electrons. The maximum atomic E-state index is 14.5. The largest absolute Gasteiger partial charge is 0.478 e. The van der Waals surface area contributed by atoms with Crippen LogP contribution in [-0.2, 0) is 14.3 Å². The minimum Gasteiger partial charge on any atom is -0.478 e. The lowest BCUT2D eigenvalue weighted by molar-refractivity contribution is -0.125. The van der Waals surface area contributed by atoms with Gasteiger partial charge in [0.2, 0.25) is 0 Å². The number of carbonyl (C=O) groups is 3. The first-order chi connectivity index (χ1) is 11.7. The van der Waals surface area contributed by atoms with Gasteiger partial charge in [0.1, 0.15) is 5.75 Å². The number of amides is 3. The molecule has 0 bridgehead atoms. The number of ether oxygens (including phenoxy) is 2. The molecule has 0 aliphatic carbocycles. The number of rotatable bonds is 2. The average molecular weight is 348 g/mol. The number of hydrogen-bond acceptors (Lipinski definition) is 5. The van der Waals surface area contributed by atoms with Gasteiger partial charge in [-0.25, -0.2) is 14.1 Å². The second kappa shape index (κ2) is 5.87. The van der Waals surface area contributed by atoms with Crippen molar-refractivity contribution in [3.05, 3.63) is 29.3 Å². The summed E-state index contributed by atoms with van der Waals surface area (Å²) in [6.07, 6.45) is -1.74. The zero-order chi connectivity index (χ0) is 18.5. The maximum Gasteiger partial charge on any atom is 0.427 e. The summed E-state index contributed by atoms with van der Waals surface area (Å²) in [6, 6.07) is 2.23. The molecule has 1 saturated heterocycles. The fourth-order valence-electron chi connectivity index (χ4n) is 2.63. The SMILES string of the molecule is CC(C)=C1OC(=O)N(c2cc3c(cc2F)OC(C(C)C)C(=O)N3)C1=O. The van der Waals surface area contributed by atoms with Crippen molar-refractivity contribution < 1.29 is 28.2 Å². The molecule has 1 atom stereocenters. The summed E-state index contributed by atoms with van der Waals surface area (Å²) in [5.41, 5.74) is 0.372. The van der Waals surface area contributed by atoms with E-state index < -0.39 is 23.9 Å². The van der Waals surface area contributed by atoms with E-state index in [2.05, 4.69) is 5.32 Å². The molecule has 8 heteroatoms. The van der Waals surface area contributed by atoms with Crippen LogP contribution in [0.5, 0.6) is 5.75 Å². The van der Waals surface area contributed by atoms with Gasteiger partial charge in [-0.2, -0.15) is 0 Å².